The van der Waals surface area contributed by atoms with Gasteiger partial charge in [-0.15, -0.1) is 0 Å². The van der Waals surface area contributed by atoms with Crippen molar-refractivity contribution >= 4 is 39.0 Å². The SMILES string of the molecule is [CH3][Sn]([CH3])([CH3])[c]1cc(C(=O)O)c2ccccc2n1. The van der Waals surface area contributed by atoms with Crippen molar-refractivity contribution in [2.45, 2.75) is 14.8 Å². The van der Waals surface area contributed by atoms with Crippen LogP contribution in [0.1, 0.15) is 10.4 Å². The average molecular weight is 336 g/mol. The average Bonchev–Trinajstić information content (AvgIpc) is 2.26. The van der Waals surface area contributed by atoms with Crippen LogP contribution in [0.4, 0.5) is 0 Å². The summed E-state index contributed by atoms with van der Waals surface area (Å²) in [5.41, 5.74) is 1.16. The van der Waals surface area contributed by atoms with Crippen LogP contribution < -0.4 is 3.71 Å². The molecule has 0 aliphatic rings. The predicted molar refractivity (Wildman–Crippen MR) is 71.7 cm³/mol. The molecule has 0 bridgehead atoms. The van der Waals surface area contributed by atoms with Crippen LogP contribution in [0.2, 0.25) is 14.8 Å². The number of hydrogen-bond acceptors (Lipinski definition) is 2. The molecule has 0 aliphatic heterocycles. The van der Waals surface area contributed by atoms with E-state index in [4.69, 9.17) is 0 Å². The number of carboxylic acid groups (broad SMARTS) is 1. The Morgan fingerprint density at radius 2 is 1.88 bits per heavy atom. The summed E-state index contributed by atoms with van der Waals surface area (Å²) in [5.74, 6) is -0.875. The predicted octanol–water partition coefficient (Wildman–Crippen LogP) is 2.48. The Morgan fingerprint density at radius 1 is 1.24 bits per heavy atom. The molecule has 4 heteroatoms. The normalized spacial score (nSPS) is 11.7. The molecule has 0 saturated carbocycles. The van der Waals surface area contributed by atoms with E-state index in [1.165, 1.54) is 0 Å². The van der Waals surface area contributed by atoms with E-state index in [9.17, 15) is 9.90 Å². The van der Waals surface area contributed by atoms with Gasteiger partial charge in [-0.2, -0.15) is 0 Å². The van der Waals surface area contributed by atoms with Crippen molar-refractivity contribution in [3.8, 4) is 0 Å². The molecule has 0 spiro atoms. The maximum atomic E-state index is 11.3. The Bertz CT molecular complexity index is 587. The third-order valence-corrected chi connectivity index (χ3v) is 7.83. The first-order valence-electron chi connectivity index (χ1n) is 5.53. The molecule has 1 aromatic carbocycles. The van der Waals surface area contributed by atoms with E-state index in [0.717, 1.165) is 14.6 Å². The number of rotatable bonds is 2. The zero-order chi connectivity index (χ0) is 12.6. The number of carboxylic acids is 1. The first-order valence-corrected chi connectivity index (χ1v) is 15.5. The summed E-state index contributed by atoms with van der Waals surface area (Å²) in [4.78, 5) is 22.6. The Hall–Kier alpha value is -1.10. The van der Waals surface area contributed by atoms with Gasteiger partial charge in [-0.25, -0.2) is 0 Å². The number of pyridine rings is 1. The molecule has 0 unspecified atom stereocenters. The van der Waals surface area contributed by atoms with Gasteiger partial charge < -0.3 is 0 Å². The number of aromatic nitrogens is 1. The molecule has 0 fully saturated rings. The van der Waals surface area contributed by atoms with Crippen molar-refractivity contribution in [3.63, 3.8) is 0 Å². The molecule has 1 heterocycles. The van der Waals surface area contributed by atoms with E-state index < -0.39 is 24.3 Å². The Labute approximate surface area is 104 Å². The van der Waals surface area contributed by atoms with Crippen LogP contribution in [-0.2, 0) is 0 Å². The first kappa shape index (κ1) is 12.4. The molecule has 0 aliphatic carbocycles. The second-order valence-electron chi connectivity index (χ2n) is 5.13. The fraction of sp³-hybridized carbons (Fsp3) is 0.231. The number of benzene rings is 1. The summed E-state index contributed by atoms with van der Waals surface area (Å²) < 4.78 is 1.01. The van der Waals surface area contributed by atoms with Crippen molar-refractivity contribution in [2.24, 2.45) is 0 Å². The Morgan fingerprint density at radius 3 is 2.47 bits per heavy atom. The maximum absolute atomic E-state index is 11.3. The fourth-order valence-electron chi connectivity index (χ4n) is 1.74. The van der Waals surface area contributed by atoms with Gasteiger partial charge in [0.15, 0.2) is 0 Å². The van der Waals surface area contributed by atoms with Gasteiger partial charge in [-0.05, 0) is 0 Å². The second kappa shape index (κ2) is 4.29. The molecule has 0 saturated heterocycles. The number of para-hydroxylation sites is 1. The monoisotopic (exact) mass is 337 g/mol. The molecule has 2 rings (SSSR count). The summed E-state index contributed by atoms with van der Waals surface area (Å²) in [7, 11) is 0. The van der Waals surface area contributed by atoms with E-state index in [-0.39, 0.29) is 0 Å². The van der Waals surface area contributed by atoms with E-state index in [1.807, 2.05) is 24.3 Å². The molecule has 17 heavy (non-hydrogen) atoms. The van der Waals surface area contributed by atoms with Crippen molar-refractivity contribution in [2.75, 3.05) is 0 Å². The van der Waals surface area contributed by atoms with Gasteiger partial charge in [0.2, 0.25) is 0 Å². The number of hydrogen-bond donors (Lipinski definition) is 1. The summed E-state index contributed by atoms with van der Waals surface area (Å²) >= 11 is -2.34. The van der Waals surface area contributed by atoms with Gasteiger partial charge in [0.05, 0.1) is 0 Å². The number of aromatic carboxylic acids is 1. The summed E-state index contributed by atoms with van der Waals surface area (Å²) in [6.45, 7) is 0. The first-order chi connectivity index (χ1) is 7.89. The minimum absolute atomic E-state index is 0.372. The molecule has 3 nitrogen and oxygen atoms in total. The number of carbonyl (C=O) groups is 1. The molecule has 88 valence electrons. The van der Waals surface area contributed by atoms with Crippen LogP contribution in [0.3, 0.4) is 0 Å². The third-order valence-electron chi connectivity index (χ3n) is 2.72. The summed E-state index contributed by atoms with van der Waals surface area (Å²) in [5, 5.41) is 9.99. The topological polar surface area (TPSA) is 50.2 Å². The van der Waals surface area contributed by atoms with Gasteiger partial charge in [0.1, 0.15) is 0 Å². The molecular formula is C13H15NO2Sn. The molecular weight excluding hydrogens is 321 g/mol. The third kappa shape index (κ3) is 2.44. The Balaban J connectivity index is 2.81. The zero-order valence-electron chi connectivity index (χ0n) is 10.2. The quantitative estimate of drug-likeness (QED) is 0.858. The van der Waals surface area contributed by atoms with Gasteiger partial charge >= 0.3 is 105 Å². The fourth-order valence-corrected chi connectivity index (χ4v) is 4.69. The van der Waals surface area contributed by atoms with Gasteiger partial charge in [0.25, 0.3) is 0 Å². The zero-order valence-corrected chi connectivity index (χ0v) is 13.0. The van der Waals surface area contributed by atoms with E-state index in [0.29, 0.717) is 5.56 Å². The van der Waals surface area contributed by atoms with Crippen molar-refractivity contribution in [3.05, 3.63) is 35.9 Å². The van der Waals surface area contributed by atoms with Crippen molar-refractivity contribution in [1.82, 2.24) is 4.98 Å². The molecule has 0 radical (unpaired) electrons. The van der Waals surface area contributed by atoms with Crippen LogP contribution in [-0.4, -0.2) is 34.4 Å². The van der Waals surface area contributed by atoms with E-state index in [2.05, 4.69) is 19.8 Å². The van der Waals surface area contributed by atoms with E-state index in [1.54, 1.807) is 6.07 Å². The van der Waals surface area contributed by atoms with Crippen molar-refractivity contribution in [1.29, 1.82) is 0 Å². The molecule has 2 aromatic rings. The Kier molecular flexibility index (Phi) is 3.12. The number of nitrogens with zero attached hydrogens (tertiary/aromatic N) is 1. The molecule has 1 aromatic heterocycles. The number of fused-ring (bicyclic) bond motifs is 1. The summed E-state index contributed by atoms with van der Waals surface area (Å²) in [6, 6.07) is 9.19. The van der Waals surface area contributed by atoms with Crippen molar-refractivity contribution < 1.29 is 9.90 Å². The van der Waals surface area contributed by atoms with Crippen LogP contribution in [0.25, 0.3) is 10.9 Å². The van der Waals surface area contributed by atoms with Crippen LogP contribution in [0.5, 0.6) is 0 Å². The van der Waals surface area contributed by atoms with Gasteiger partial charge in [0, 0.05) is 0 Å². The second-order valence-corrected chi connectivity index (χ2v) is 19.4. The van der Waals surface area contributed by atoms with Crippen LogP contribution in [0, 0.1) is 0 Å². The standard InChI is InChI=1S/C10H6NO2.3CH3.Sn/c12-10(13)8-5-6-11-9-4-2-1-3-7(8)9;;;;/h1-5H,(H,12,13);3*1H3;. The summed E-state index contributed by atoms with van der Waals surface area (Å²) in [6.07, 6.45) is 0. The van der Waals surface area contributed by atoms with Crippen LogP contribution >= 0.6 is 0 Å². The van der Waals surface area contributed by atoms with Crippen LogP contribution in [0.15, 0.2) is 30.3 Å². The van der Waals surface area contributed by atoms with Gasteiger partial charge in [-0.1, -0.05) is 0 Å². The molecule has 0 amide bonds. The molecule has 1 N–H and O–H groups in total. The molecule has 0 atom stereocenters. The minimum atomic E-state index is -2.34. The van der Waals surface area contributed by atoms with E-state index >= 15 is 0 Å². The van der Waals surface area contributed by atoms with Gasteiger partial charge in [-0.3, -0.25) is 0 Å².